The predicted octanol–water partition coefficient (Wildman–Crippen LogP) is 2.82. The summed E-state index contributed by atoms with van der Waals surface area (Å²) in [6.45, 7) is 4.51. The van der Waals surface area contributed by atoms with E-state index in [0.29, 0.717) is 11.4 Å². The molecule has 0 amide bonds. The summed E-state index contributed by atoms with van der Waals surface area (Å²) in [6.07, 6.45) is 0. The van der Waals surface area contributed by atoms with Crippen molar-refractivity contribution >= 4 is 15.7 Å². The topological polar surface area (TPSA) is 58.2 Å². The molecule has 0 atom stereocenters. The summed E-state index contributed by atoms with van der Waals surface area (Å²) in [5.41, 5.74) is 3.92. The predicted molar refractivity (Wildman–Crippen MR) is 85.9 cm³/mol. The van der Waals surface area contributed by atoms with Gasteiger partial charge in [-0.1, -0.05) is 30.3 Å². The molecule has 0 unspecified atom stereocenters. The molecule has 0 fully saturated rings. The normalized spacial score (nSPS) is 11.4. The molecule has 0 saturated carbocycles. The van der Waals surface area contributed by atoms with Gasteiger partial charge in [0.1, 0.15) is 0 Å². The van der Waals surface area contributed by atoms with Crippen LogP contribution in [0.15, 0.2) is 47.4 Å². The van der Waals surface area contributed by atoms with E-state index in [0.717, 1.165) is 11.3 Å². The van der Waals surface area contributed by atoms with Crippen molar-refractivity contribution in [3.05, 3.63) is 59.2 Å². The molecule has 0 aliphatic carbocycles. The summed E-state index contributed by atoms with van der Waals surface area (Å²) in [4.78, 5) is 0.305. The maximum absolute atomic E-state index is 12.0. The van der Waals surface area contributed by atoms with Crippen LogP contribution >= 0.6 is 0 Å². The summed E-state index contributed by atoms with van der Waals surface area (Å²) in [6, 6.07) is 13.5. The molecule has 0 heterocycles. The minimum atomic E-state index is -3.43. The van der Waals surface area contributed by atoms with Crippen LogP contribution in [-0.4, -0.2) is 15.5 Å². The number of nitrogens with one attached hydrogen (secondary N) is 2. The molecular formula is C16H20N2O2S. The first-order valence-corrected chi connectivity index (χ1v) is 8.25. The van der Waals surface area contributed by atoms with Crippen LogP contribution in [0, 0.1) is 13.8 Å². The van der Waals surface area contributed by atoms with Gasteiger partial charge < -0.3 is 5.32 Å². The summed E-state index contributed by atoms with van der Waals surface area (Å²) >= 11 is 0. The molecule has 4 nitrogen and oxygen atoms in total. The van der Waals surface area contributed by atoms with Crippen molar-refractivity contribution in [3.8, 4) is 0 Å². The Labute approximate surface area is 126 Å². The number of sulfonamides is 1. The first-order valence-electron chi connectivity index (χ1n) is 6.76. The highest BCUT2D eigenvalue weighted by Crippen LogP contribution is 2.20. The lowest BCUT2D eigenvalue weighted by molar-refractivity contribution is 0.587. The Bertz CT molecular complexity index is 740. The molecular weight excluding hydrogens is 284 g/mol. The smallest absolute Gasteiger partial charge is 0.240 e. The molecule has 0 radical (unpaired) electrons. The Morgan fingerprint density at radius 1 is 1.00 bits per heavy atom. The van der Waals surface area contributed by atoms with Crippen LogP contribution in [0.25, 0.3) is 0 Å². The molecule has 2 aromatic rings. The Balaban J connectivity index is 2.23. The summed E-state index contributed by atoms with van der Waals surface area (Å²) in [5.74, 6) is 0. The van der Waals surface area contributed by atoms with Gasteiger partial charge in [-0.15, -0.1) is 0 Å². The molecule has 21 heavy (non-hydrogen) atoms. The Morgan fingerprint density at radius 2 is 1.71 bits per heavy atom. The third kappa shape index (κ3) is 3.62. The van der Waals surface area contributed by atoms with Crippen LogP contribution in [0.2, 0.25) is 0 Å². The fourth-order valence-corrected chi connectivity index (χ4v) is 3.11. The summed E-state index contributed by atoms with van der Waals surface area (Å²) < 4.78 is 26.3. The van der Waals surface area contributed by atoms with Crippen molar-refractivity contribution in [1.82, 2.24) is 4.72 Å². The minimum absolute atomic E-state index is 0.305. The molecule has 0 aliphatic heterocycles. The second-order valence-corrected chi connectivity index (χ2v) is 6.82. The zero-order valence-electron chi connectivity index (χ0n) is 12.5. The first-order chi connectivity index (χ1) is 9.94. The third-order valence-electron chi connectivity index (χ3n) is 3.49. The SMILES string of the molecule is CNS(=O)(=O)c1cc(NCc2ccccc2C)ccc1C. The Morgan fingerprint density at radius 3 is 2.38 bits per heavy atom. The highest BCUT2D eigenvalue weighted by molar-refractivity contribution is 7.89. The van der Waals surface area contributed by atoms with Gasteiger partial charge in [0.25, 0.3) is 0 Å². The summed E-state index contributed by atoms with van der Waals surface area (Å²) in [7, 11) is -2.01. The number of hydrogen-bond acceptors (Lipinski definition) is 3. The Hall–Kier alpha value is -1.85. The zero-order chi connectivity index (χ0) is 15.5. The Kier molecular flexibility index (Phi) is 4.65. The van der Waals surface area contributed by atoms with Gasteiger partial charge in [0.2, 0.25) is 10.0 Å². The molecule has 2 aromatic carbocycles. The van der Waals surface area contributed by atoms with Crippen LogP contribution < -0.4 is 10.0 Å². The second-order valence-electron chi connectivity index (χ2n) is 4.97. The van der Waals surface area contributed by atoms with Crippen LogP contribution in [0.3, 0.4) is 0 Å². The molecule has 0 bridgehead atoms. The van der Waals surface area contributed by atoms with Crippen LogP contribution in [0.5, 0.6) is 0 Å². The van der Waals surface area contributed by atoms with Gasteiger partial charge in [-0.25, -0.2) is 13.1 Å². The van der Waals surface area contributed by atoms with E-state index in [-0.39, 0.29) is 0 Å². The van der Waals surface area contributed by atoms with E-state index >= 15 is 0 Å². The van der Waals surface area contributed by atoms with Crippen molar-refractivity contribution in [2.45, 2.75) is 25.3 Å². The second kappa shape index (κ2) is 6.28. The lowest BCUT2D eigenvalue weighted by Crippen LogP contribution is -2.19. The minimum Gasteiger partial charge on any atom is -0.381 e. The van der Waals surface area contributed by atoms with Crippen molar-refractivity contribution in [1.29, 1.82) is 0 Å². The van der Waals surface area contributed by atoms with Crippen molar-refractivity contribution in [2.75, 3.05) is 12.4 Å². The van der Waals surface area contributed by atoms with Crippen LogP contribution in [-0.2, 0) is 16.6 Å². The number of anilines is 1. The molecule has 0 aromatic heterocycles. The number of aryl methyl sites for hydroxylation is 2. The molecule has 2 rings (SSSR count). The maximum Gasteiger partial charge on any atom is 0.240 e. The molecule has 0 spiro atoms. The van der Waals surface area contributed by atoms with Gasteiger partial charge in [0, 0.05) is 12.2 Å². The fraction of sp³-hybridized carbons (Fsp3) is 0.250. The van der Waals surface area contributed by atoms with Crippen molar-refractivity contribution < 1.29 is 8.42 Å². The fourth-order valence-electron chi connectivity index (χ4n) is 2.12. The number of rotatable bonds is 5. The van der Waals surface area contributed by atoms with Gasteiger partial charge >= 0.3 is 0 Å². The van der Waals surface area contributed by atoms with E-state index < -0.39 is 10.0 Å². The van der Waals surface area contributed by atoms with E-state index in [1.807, 2.05) is 24.3 Å². The monoisotopic (exact) mass is 304 g/mol. The standard InChI is InChI=1S/C16H20N2O2S/c1-12-6-4-5-7-14(12)11-18-15-9-8-13(2)16(10-15)21(19,20)17-3/h4-10,17-18H,11H2,1-3H3. The number of hydrogen-bond donors (Lipinski definition) is 2. The van der Waals surface area contributed by atoms with Gasteiger partial charge in [-0.3, -0.25) is 0 Å². The average Bonchev–Trinajstić information content (AvgIpc) is 2.47. The van der Waals surface area contributed by atoms with E-state index in [1.54, 1.807) is 13.0 Å². The van der Waals surface area contributed by atoms with Crippen LogP contribution in [0.4, 0.5) is 5.69 Å². The highest BCUT2D eigenvalue weighted by Gasteiger charge is 2.14. The van der Waals surface area contributed by atoms with Crippen LogP contribution in [0.1, 0.15) is 16.7 Å². The molecule has 0 aliphatic rings. The lowest BCUT2D eigenvalue weighted by atomic mass is 10.1. The van der Waals surface area contributed by atoms with Gasteiger partial charge in [-0.2, -0.15) is 0 Å². The van der Waals surface area contributed by atoms with Crippen molar-refractivity contribution in [2.24, 2.45) is 0 Å². The largest absolute Gasteiger partial charge is 0.381 e. The third-order valence-corrected chi connectivity index (χ3v) is 5.05. The quantitative estimate of drug-likeness (QED) is 0.893. The maximum atomic E-state index is 12.0. The molecule has 0 saturated heterocycles. The lowest BCUT2D eigenvalue weighted by Gasteiger charge is -2.12. The molecule has 2 N–H and O–H groups in total. The van der Waals surface area contributed by atoms with E-state index in [2.05, 4.69) is 29.1 Å². The van der Waals surface area contributed by atoms with Gasteiger partial charge in [0.15, 0.2) is 0 Å². The van der Waals surface area contributed by atoms with E-state index in [1.165, 1.54) is 18.2 Å². The van der Waals surface area contributed by atoms with E-state index in [4.69, 9.17) is 0 Å². The zero-order valence-corrected chi connectivity index (χ0v) is 13.3. The van der Waals surface area contributed by atoms with Gasteiger partial charge in [0.05, 0.1) is 4.90 Å². The highest BCUT2D eigenvalue weighted by atomic mass is 32.2. The molecule has 5 heteroatoms. The molecule has 112 valence electrons. The van der Waals surface area contributed by atoms with Crippen molar-refractivity contribution in [3.63, 3.8) is 0 Å². The average molecular weight is 304 g/mol. The van der Waals surface area contributed by atoms with Gasteiger partial charge in [-0.05, 0) is 49.7 Å². The first kappa shape index (κ1) is 15.5. The number of benzene rings is 2. The summed E-state index contributed by atoms with van der Waals surface area (Å²) in [5, 5.41) is 3.27. The van der Waals surface area contributed by atoms with E-state index in [9.17, 15) is 8.42 Å².